The van der Waals surface area contributed by atoms with Crippen molar-refractivity contribution < 1.29 is 32.2 Å². The first kappa shape index (κ1) is 30.7. The molecule has 1 aliphatic carbocycles. The van der Waals surface area contributed by atoms with Crippen LogP contribution < -0.4 is 5.32 Å². The van der Waals surface area contributed by atoms with E-state index in [2.05, 4.69) is 21.0 Å². The minimum Gasteiger partial charge on any atom is -0.443 e. The number of hydrogen-bond donors (Lipinski definition) is 2. The molecule has 0 aromatic carbocycles. The highest BCUT2D eigenvalue weighted by molar-refractivity contribution is 6.40. The highest BCUT2D eigenvalue weighted by Gasteiger charge is 2.37. The molecule has 1 fully saturated rings. The Morgan fingerprint density at radius 1 is 1.40 bits per heavy atom. The molecule has 2 amide bonds. The Bertz CT molecular complexity index is 1260. The number of ether oxygens (including phenoxy) is 2. The van der Waals surface area contributed by atoms with E-state index in [1.165, 1.54) is 13.3 Å². The predicted molar refractivity (Wildman–Crippen MR) is 145 cm³/mol. The van der Waals surface area contributed by atoms with Gasteiger partial charge in [0.05, 0.1) is 19.6 Å². The van der Waals surface area contributed by atoms with Crippen LogP contribution in [0.5, 0.6) is 0 Å². The first-order chi connectivity index (χ1) is 18.8. The number of carbonyl (C=O) groups excluding carboxylic acids is 2. The Kier molecular flexibility index (Phi) is 10.0. The molecule has 0 spiro atoms. The van der Waals surface area contributed by atoms with Crippen molar-refractivity contribution in [1.82, 2.24) is 15.1 Å². The van der Waals surface area contributed by atoms with Gasteiger partial charge in [-0.15, -0.1) is 5.73 Å². The van der Waals surface area contributed by atoms with Gasteiger partial charge in [-0.1, -0.05) is 18.2 Å². The normalized spacial score (nSPS) is 22.6. The molecule has 216 valence electrons. The number of amidine groups is 1. The molecule has 13 heteroatoms. The lowest BCUT2D eigenvalue weighted by molar-refractivity contribution is -0.125. The van der Waals surface area contributed by atoms with Gasteiger partial charge >= 0.3 is 12.3 Å². The predicted octanol–water partition coefficient (Wildman–Crippen LogP) is 3.20. The zero-order chi connectivity index (χ0) is 29.6. The quantitative estimate of drug-likeness (QED) is 0.254. The Balaban J connectivity index is 1.73. The molecule has 10 nitrogen and oxygen atoms in total. The third kappa shape index (κ3) is 8.35. The minimum atomic E-state index is -4.32. The minimum absolute atomic E-state index is 0.0554. The second-order valence-electron chi connectivity index (χ2n) is 9.77. The van der Waals surface area contributed by atoms with Crippen molar-refractivity contribution in [3.05, 3.63) is 52.3 Å². The molecule has 3 atom stereocenters. The molecular formula is C27H33F3N6O4. The Morgan fingerprint density at radius 3 is 2.77 bits per heavy atom. The number of nitrogens with zero attached hydrogens (tertiary/aromatic N) is 4. The van der Waals surface area contributed by atoms with E-state index in [9.17, 15) is 22.8 Å². The second-order valence-corrected chi connectivity index (χ2v) is 9.77. The van der Waals surface area contributed by atoms with Gasteiger partial charge < -0.3 is 19.7 Å². The number of allylic oxidation sites excluding steroid dienone is 5. The van der Waals surface area contributed by atoms with Crippen molar-refractivity contribution in [2.45, 2.75) is 44.8 Å². The van der Waals surface area contributed by atoms with Crippen LogP contribution in [0.15, 0.2) is 62.3 Å². The number of aliphatic imine (C=N–C) groups is 2. The third-order valence-electron chi connectivity index (χ3n) is 6.04. The maximum atomic E-state index is 13.0. The summed E-state index contributed by atoms with van der Waals surface area (Å²) in [6, 6.07) is -1.02. The van der Waals surface area contributed by atoms with Gasteiger partial charge in [-0.25, -0.2) is 9.79 Å². The summed E-state index contributed by atoms with van der Waals surface area (Å²) in [6.45, 7) is 3.85. The first-order valence-corrected chi connectivity index (χ1v) is 12.5. The average Bonchev–Trinajstić information content (AvgIpc) is 3.44. The summed E-state index contributed by atoms with van der Waals surface area (Å²) < 4.78 is 49.2. The highest BCUT2D eigenvalue weighted by Crippen LogP contribution is 2.26. The number of hydrogen-bond acceptors (Lipinski definition) is 8. The van der Waals surface area contributed by atoms with E-state index in [-0.39, 0.29) is 24.7 Å². The molecule has 0 saturated carbocycles. The zero-order valence-corrected chi connectivity index (χ0v) is 23.0. The lowest BCUT2D eigenvalue weighted by Crippen LogP contribution is -2.51. The molecule has 2 heterocycles. The van der Waals surface area contributed by atoms with Gasteiger partial charge in [-0.05, 0) is 45.2 Å². The van der Waals surface area contributed by atoms with Crippen LogP contribution in [0.1, 0.15) is 20.3 Å². The summed E-state index contributed by atoms with van der Waals surface area (Å²) in [7, 11) is 5.16. The summed E-state index contributed by atoms with van der Waals surface area (Å²) in [5.41, 5.74) is 5.21. The van der Waals surface area contributed by atoms with E-state index >= 15 is 0 Å². The van der Waals surface area contributed by atoms with Crippen LogP contribution >= 0.6 is 0 Å². The number of alkyl halides is 3. The van der Waals surface area contributed by atoms with Crippen molar-refractivity contribution in [2.24, 2.45) is 9.98 Å². The van der Waals surface area contributed by atoms with Gasteiger partial charge in [-0.2, -0.15) is 13.2 Å². The van der Waals surface area contributed by atoms with Gasteiger partial charge in [-0.3, -0.25) is 20.1 Å². The maximum Gasteiger partial charge on any atom is 0.415 e. The van der Waals surface area contributed by atoms with Gasteiger partial charge in [0.2, 0.25) is 0 Å². The van der Waals surface area contributed by atoms with E-state index in [1.807, 2.05) is 19.0 Å². The molecule has 40 heavy (non-hydrogen) atoms. The number of nitrogens with one attached hydrogen (secondary N) is 2. The van der Waals surface area contributed by atoms with Crippen molar-refractivity contribution in [1.29, 1.82) is 5.41 Å². The van der Waals surface area contributed by atoms with Gasteiger partial charge in [0.25, 0.3) is 5.91 Å². The molecule has 2 aliphatic heterocycles. The first-order valence-electron chi connectivity index (χ1n) is 12.5. The number of halogens is 3. The second kappa shape index (κ2) is 13.0. The van der Waals surface area contributed by atoms with Gasteiger partial charge in [0.1, 0.15) is 23.7 Å². The SMILES string of the molecule is CN=CC(NC(=O)C1=NC(C2=CC(C(C)=CCC(F)(F)F)=C=C(C)C=C2)OC1)C(=N)N1CC(CN(C)C)OC1=O. The standard InChI is InChI=1S/C27H33F3N6O4/c1-16-6-7-18(11-19(10-16)17(2)8-9-27(28,29)30)25-34-22(15-39-25)24(37)33-21(12-32-3)23(31)36-14-20(13-35(4)5)40-26(36)38/h6-8,11-12,20-21,25,31H,9,13-15H2,1-5H3,(H,33,37). The van der Waals surface area contributed by atoms with Crippen molar-refractivity contribution in [3.63, 3.8) is 0 Å². The van der Waals surface area contributed by atoms with E-state index in [0.717, 1.165) is 11.0 Å². The van der Waals surface area contributed by atoms with Crippen LogP contribution in [0, 0.1) is 5.41 Å². The summed E-state index contributed by atoms with van der Waals surface area (Å²) in [5.74, 6) is -0.813. The Hall–Kier alpha value is -3.80. The average molecular weight is 563 g/mol. The molecule has 0 aromatic heterocycles. The molecule has 0 radical (unpaired) electrons. The van der Waals surface area contributed by atoms with Crippen molar-refractivity contribution in [3.8, 4) is 0 Å². The van der Waals surface area contributed by atoms with Crippen LogP contribution in [0.2, 0.25) is 0 Å². The van der Waals surface area contributed by atoms with E-state index in [4.69, 9.17) is 14.9 Å². The fraction of sp³-hybridized carbons (Fsp3) is 0.481. The Labute approximate surface area is 230 Å². The largest absolute Gasteiger partial charge is 0.443 e. The lowest BCUT2D eigenvalue weighted by atomic mass is 10.0. The van der Waals surface area contributed by atoms with Crippen molar-refractivity contribution >= 4 is 29.8 Å². The summed E-state index contributed by atoms with van der Waals surface area (Å²) in [4.78, 5) is 36.7. The lowest BCUT2D eigenvalue weighted by Gasteiger charge is -2.21. The van der Waals surface area contributed by atoms with Gasteiger partial charge in [0.15, 0.2) is 6.23 Å². The van der Waals surface area contributed by atoms with E-state index in [0.29, 0.717) is 28.8 Å². The van der Waals surface area contributed by atoms with Crippen molar-refractivity contribution in [2.75, 3.05) is 40.8 Å². The third-order valence-corrected chi connectivity index (χ3v) is 6.04. The monoisotopic (exact) mass is 562 g/mol. The maximum absolute atomic E-state index is 13.0. The smallest absolute Gasteiger partial charge is 0.415 e. The molecule has 3 unspecified atom stereocenters. The number of rotatable bonds is 9. The van der Waals surface area contributed by atoms with E-state index < -0.39 is 43.0 Å². The number of amides is 2. The van der Waals surface area contributed by atoms with Crippen LogP contribution in [0.25, 0.3) is 0 Å². The molecule has 1 saturated heterocycles. The fourth-order valence-electron chi connectivity index (χ4n) is 4.08. The van der Waals surface area contributed by atoms with Crippen LogP contribution in [0.3, 0.4) is 0 Å². The number of cyclic esters (lactones) is 1. The Morgan fingerprint density at radius 2 is 2.12 bits per heavy atom. The van der Waals surface area contributed by atoms with Crippen LogP contribution in [0.4, 0.5) is 18.0 Å². The molecule has 0 aromatic rings. The molecule has 3 aliphatic rings. The summed E-state index contributed by atoms with van der Waals surface area (Å²) in [5, 5.41) is 11.2. The number of carbonyl (C=O) groups is 2. The zero-order valence-electron chi connectivity index (χ0n) is 23.0. The topological polar surface area (TPSA) is 120 Å². The summed E-state index contributed by atoms with van der Waals surface area (Å²) in [6.07, 6.45) is 0.158. The van der Waals surface area contributed by atoms with E-state index in [1.54, 1.807) is 32.1 Å². The molecule has 0 bridgehead atoms. The fourth-order valence-corrected chi connectivity index (χ4v) is 4.08. The number of likely N-dealkylation sites (N-methyl/N-ethyl adjacent to an activating group) is 1. The molecule has 2 N–H and O–H groups in total. The highest BCUT2D eigenvalue weighted by atomic mass is 19.4. The molecule has 3 rings (SSSR count). The van der Waals surface area contributed by atoms with Crippen LogP contribution in [-0.2, 0) is 14.3 Å². The van der Waals surface area contributed by atoms with Gasteiger partial charge in [0, 0.05) is 31.0 Å². The van der Waals surface area contributed by atoms with Crippen LogP contribution in [-0.4, -0.2) is 105 Å². The molecular weight excluding hydrogens is 529 g/mol. The summed E-state index contributed by atoms with van der Waals surface area (Å²) >= 11 is 0.